The summed E-state index contributed by atoms with van der Waals surface area (Å²) in [6.07, 6.45) is 12.5. The molecule has 0 saturated carbocycles. The molecular weight excluding hydrogens is 1010 g/mol. The van der Waals surface area contributed by atoms with Gasteiger partial charge in [-0.3, -0.25) is 38.7 Å². The van der Waals surface area contributed by atoms with Gasteiger partial charge in [0, 0.05) is 89.7 Å². The van der Waals surface area contributed by atoms with Gasteiger partial charge in [0.1, 0.15) is 11.4 Å². The molecule has 0 atom stereocenters. The predicted octanol–water partition coefficient (Wildman–Crippen LogP) is 4.68. The Bertz CT molecular complexity index is 1750. The molecule has 1 radical (unpaired) electrons. The number of carbonyl (C=O) groups is 5. The van der Waals surface area contributed by atoms with Crippen LogP contribution in [0.5, 0.6) is 0 Å². The third-order valence-electron chi connectivity index (χ3n) is 13.2. The van der Waals surface area contributed by atoms with Crippen molar-refractivity contribution in [2.24, 2.45) is 0 Å². The summed E-state index contributed by atoms with van der Waals surface area (Å²) in [5.74, 6) is -2.89. The molecule has 19 heteroatoms. The Labute approximate surface area is 427 Å². The fourth-order valence-corrected chi connectivity index (χ4v) is 9.49. The number of hydrogen-bond acceptors (Lipinski definition) is 11. The van der Waals surface area contributed by atoms with Gasteiger partial charge in [0.2, 0.25) is 5.91 Å². The van der Waals surface area contributed by atoms with Crippen molar-refractivity contribution < 1.29 is 94.6 Å². The molecule has 0 aromatic heterocycles. The summed E-state index contributed by atoms with van der Waals surface area (Å²) in [4.78, 5) is 76.0. The molecule has 3 saturated heterocycles. The van der Waals surface area contributed by atoms with Gasteiger partial charge in [0.05, 0.1) is 26.3 Å². The largest absolute Gasteiger partial charge is 3.00 e. The van der Waals surface area contributed by atoms with Crippen LogP contribution < -0.4 is 4.90 Å². The molecule has 3 heterocycles. The van der Waals surface area contributed by atoms with Crippen LogP contribution in [0.1, 0.15) is 93.8 Å². The molecule has 5 rings (SSSR count). The first-order valence-electron chi connectivity index (χ1n) is 23.6. The van der Waals surface area contributed by atoms with Crippen LogP contribution in [0.3, 0.4) is 0 Å². The van der Waals surface area contributed by atoms with E-state index in [9.17, 15) is 43.7 Å². The second-order valence-electron chi connectivity index (χ2n) is 17.9. The minimum atomic E-state index is -0.968. The second-order valence-corrected chi connectivity index (χ2v) is 17.9. The number of piperidine rings is 1. The van der Waals surface area contributed by atoms with Gasteiger partial charge in [-0.25, -0.2) is 4.39 Å². The fourth-order valence-electron chi connectivity index (χ4n) is 9.49. The van der Waals surface area contributed by atoms with Crippen molar-refractivity contribution in [3.8, 4) is 0 Å². The van der Waals surface area contributed by atoms with Crippen molar-refractivity contribution in [3.05, 3.63) is 66.0 Å². The van der Waals surface area contributed by atoms with Crippen molar-refractivity contribution in [1.82, 2.24) is 29.4 Å². The summed E-state index contributed by atoms with van der Waals surface area (Å²) >= 11 is 0. The zero-order chi connectivity index (χ0) is 45.7. The van der Waals surface area contributed by atoms with Crippen molar-refractivity contribution in [3.63, 3.8) is 0 Å². The van der Waals surface area contributed by atoms with E-state index >= 15 is 0 Å². The number of amides is 1. The first-order valence-corrected chi connectivity index (χ1v) is 23.6. The fraction of sp³-hybridized carbons (Fsp3) is 0.646. The predicted molar refractivity (Wildman–Crippen MR) is 245 cm³/mol. The van der Waals surface area contributed by atoms with Gasteiger partial charge in [-0.15, -0.1) is 0 Å². The number of anilines is 1. The zero-order valence-corrected chi connectivity index (χ0v) is 41.2. The van der Waals surface area contributed by atoms with E-state index < -0.39 is 23.4 Å². The molecule has 67 heavy (non-hydrogen) atoms. The van der Waals surface area contributed by atoms with E-state index in [1.807, 2.05) is 28.0 Å². The number of ketones is 1. The Morgan fingerprint density at radius 3 is 1.39 bits per heavy atom. The summed E-state index contributed by atoms with van der Waals surface area (Å²) in [7, 11) is 0. The number of benzene rings is 2. The SMILES string of the molecule is O=C(O)CN1CCN(CCCCCCCCCCCN2CN(c3ccccc3)C3(CCN(CCCC(=O)c4ccc(F)cc4)CC3)C2=O)CCN(CC(=O)O)CCN(CC(=O)O)CC1.[Gd+3].[O-2].[O-2]. The number of aliphatic carboxylic acids is 3. The molecule has 17 nitrogen and oxygen atoms in total. The summed E-state index contributed by atoms with van der Waals surface area (Å²) in [6.45, 7) is 8.21. The normalized spacial score (nSPS) is 18.0. The van der Waals surface area contributed by atoms with Crippen LogP contribution >= 0.6 is 0 Å². The van der Waals surface area contributed by atoms with E-state index in [4.69, 9.17) is 0 Å². The first kappa shape index (κ1) is 59.9. The van der Waals surface area contributed by atoms with E-state index in [-0.39, 0.29) is 88.0 Å². The van der Waals surface area contributed by atoms with Gasteiger partial charge in [-0.2, -0.15) is 0 Å². The van der Waals surface area contributed by atoms with Crippen LogP contribution in [0.15, 0.2) is 54.6 Å². The molecule has 3 N–H and O–H groups in total. The molecule has 2 aromatic carbocycles. The number of para-hydroxylation sites is 1. The summed E-state index contributed by atoms with van der Waals surface area (Å²) < 4.78 is 13.3. The average Bonchev–Trinajstić information content (AvgIpc) is 3.53. The maximum absolute atomic E-state index is 14.2. The maximum Gasteiger partial charge on any atom is 3.00 e. The van der Waals surface area contributed by atoms with Crippen LogP contribution in [-0.2, 0) is 30.1 Å². The maximum atomic E-state index is 14.2. The molecule has 2 aromatic rings. The van der Waals surface area contributed by atoms with E-state index in [2.05, 4.69) is 31.7 Å². The third-order valence-corrected chi connectivity index (χ3v) is 13.2. The number of carboxylic acids is 3. The molecule has 0 bridgehead atoms. The Kier molecular flexibility index (Phi) is 28.4. The number of carboxylic acid groups (broad SMARTS) is 3. The third kappa shape index (κ3) is 20.3. The van der Waals surface area contributed by atoms with Crippen LogP contribution in [0.4, 0.5) is 10.1 Å². The molecule has 3 aliphatic heterocycles. The second kappa shape index (κ2) is 31.8. The number of Topliss-reactive ketones (excluding diaryl/α,β-unsaturated/α-hetero) is 1. The van der Waals surface area contributed by atoms with E-state index in [1.54, 1.807) is 17.0 Å². The van der Waals surface area contributed by atoms with Crippen molar-refractivity contribution >= 4 is 35.3 Å². The standard InChI is InChI=1S/C48H72FN7O8.Gd.2O/c49-41-19-17-40(18-20-41)43(57)16-13-24-50-26-21-48(22-27-50)47(64)55(39-56(48)42-14-9-8-10-15-42)25-12-7-5-3-1-2-4-6-11-23-51-28-30-52(36-44(58)59)32-34-54(38-46(62)63)35-33-53(31-29-51)37-45(60)61;;;/h8-10,14-15,17-20H,1-7,11-13,16,21-39H2,(H,58,59)(H,60,61)(H,62,63);;;/q;+3;2*-2. The number of unbranched alkanes of at least 4 members (excludes halogenated alkanes) is 8. The Morgan fingerprint density at radius 2 is 0.925 bits per heavy atom. The van der Waals surface area contributed by atoms with Gasteiger partial charge < -0.3 is 45.9 Å². The minimum Gasteiger partial charge on any atom is -2.00 e. The van der Waals surface area contributed by atoms with Gasteiger partial charge in [0.15, 0.2) is 5.78 Å². The van der Waals surface area contributed by atoms with Gasteiger partial charge >= 0.3 is 57.8 Å². The quantitative estimate of drug-likeness (QED) is 0.0960. The van der Waals surface area contributed by atoms with Crippen LogP contribution in [0, 0.1) is 45.8 Å². The minimum absolute atomic E-state index is 0. The monoisotopic (exact) mass is 1080 g/mol. The molecular formula is C48H72FGdN7O10-. The molecule has 0 unspecified atom stereocenters. The number of halogens is 1. The van der Waals surface area contributed by atoms with E-state index in [1.165, 1.54) is 18.6 Å². The van der Waals surface area contributed by atoms with Gasteiger partial charge in [0.25, 0.3) is 0 Å². The van der Waals surface area contributed by atoms with Crippen LogP contribution in [-0.4, -0.2) is 191 Å². The Morgan fingerprint density at radius 1 is 0.522 bits per heavy atom. The van der Waals surface area contributed by atoms with Crippen molar-refractivity contribution in [2.45, 2.75) is 89.0 Å². The van der Waals surface area contributed by atoms with Crippen LogP contribution in [0.25, 0.3) is 0 Å². The van der Waals surface area contributed by atoms with E-state index in [0.717, 1.165) is 109 Å². The number of hydrogen-bond donors (Lipinski definition) is 3. The zero-order valence-electron chi connectivity index (χ0n) is 39.0. The number of likely N-dealkylation sites (tertiary alicyclic amines) is 1. The average molecular weight is 1080 g/mol. The van der Waals surface area contributed by atoms with Crippen molar-refractivity contribution in [1.29, 1.82) is 0 Å². The van der Waals surface area contributed by atoms with Gasteiger partial charge in [-0.05, 0) is 81.6 Å². The summed E-state index contributed by atoms with van der Waals surface area (Å²) in [5.41, 5.74) is 1.06. The summed E-state index contributed by atoms with van der Waals surface area (Å²) in [5, 5.41) is 28.4. The molecule has 1 amide bonds. The van der Waals surface area contributed by atoms with E-state index in [0.29, 0.717) is 71.0 Å². The molecule has 3 aliphatic rings. The van der Waals surface area contributed by atoms with Crippen molar-refractivity contribution in [2.75, 3.05) is 116 Å². The van der Waals surface area contributed by atoms with Gasteiger partial charge in [-0.1, -0.05) is 63.1 Å². The Hall–Kier alpha value is -3.24. The summed E-state index contributed by atoms with van der Waals surface area (Å²) in [6, 6.07) is 16.0. The Balaban J connectivity index is 0.00000514. The molecule has 0 aliphatic carbocycles. The van der Waals surface area contributed by atoms with Crippen LogP contribution in [0.2, 0.25) is 0 Å². The molecule has 375 valence electrons. The number of carbonyl (C=O) groups excluding carboxylic acids is 2. The topological polar surface area (TPSA) is 226 Å². The number of nitrogens with zero attached hydrogens (tertiary/aromatic N) is 7. The molecule has 3 fully saturated rings. The number of rotatable bonds is 24. The smallest absolute Gasteiger partial charge is 2.00 e. The molecule has 1 spiro atoms. The first-order chi connectivity index (χ1) is 30.9.